The molecule has 0 saturated heterocycles. The van der Waals surface area contributed by atoms with Crippen LogP contribution < -0.4 is 4.74 Å². The second-order valence-corrected chi connectivity index (χ2v) is 4.07. The van der Waals surface area contributed by atoms with Crippen molar-refractivity contribution in [2.75, 3.05) is 7.11 Å². The molecule has 0 heterocycles. The maximum absolute atomic E-state index is 11.8. The van der Waals surface area contributed by atoms with Crippen LogP contribution in [0.25, 0.3) is 0 Å². The van der Waals surface area contributed by atoms with Gasteiger partial charge in [0.1, 0.15) is 5.41 Å². The minimum atomic E-state index is -1.19. The van der Waals surface area contributed by atoms with Crippen molar-refractivity contribution in [3.8, 4) is 11.5 Å². The van der Waals surface area contributed by atoms with Crippen LogP contribution >= 0.6 is 0 Å². The van der Waals surface area contributed by atoms with Gasteiger partial charge in [0.05, 0.1) is 7.11 Å². The highest BCUT2D eigenvalue weighted by Crippen LogP contribution is 2.36. The van der Waals surface area contributed by atoms with E-state index in [4.69, 9.17) is 4.74 Å². The molecule has 1 N–H and O–H groups in total. The SMILES string of the molecule is COc1cc(C2(C)C(=O)C=CC2=O)ccc1O. The maximum Gasteiger partial charge on any atom is 0.173 e. The third kappa shape index (κ3) is 1.53. The molecule has 4 heteroatoms. The third-order valence-electron chi connectivity index (χ3n) is 3.13. The molecule has 1 aromatic carbocycles. The van der Waals surface area contributed by atoms with Crippen molar-refractivity contribution in [2.45, 2.75) is 12.3 Å². The summed E-state index contributed by atoms with van der Waals surface area (Å²) in [5, 5.41) is 9.48. The van der Waals surface area contributed by atoms with Gasteiger partial charge in [-0.15, -0.1) is 0 Å². The van der Waals surface area contributed by atoms with Gasteiger partial charge in [-0.3, -0.25) is 9.59 Å². The fourth-order valence-corrected chi connectivity index (χ4v) is 1.88. The van der Waals surface area contributed by atoms with E-state index in [1.165, 1.54) is 31.4 Å². The predicted octanol–water partition coefficient (Wildman–Crippen LogP) is 1.37. The van der Waals surface area contributed by atoms with Crippen LogP contribution in [0.15, 0.2) is 30.4 Å². The molecule has 0 aliphatic heterocycles. The number of hydrogen-bond acceptors (Lipinski definition) is 4. The molecule has 0 spiro atoms. The zero-order valence-electron chi connectivity index (χ0n) is 9.56. The number of allylic oxidation sites excluding steroid dienone is 2. The summed E-state index contributed by atoms with van der Waals surface area (Å²) < 4.78 is 4.97. The van der Waals surface area contributed by atoms with E-state index in [-0.39, 0.29) is 23.1 Å². The van der Waals surface area contributed by atoms with Gasteiger partial charge in [-0.05, 0) is 36.8 Å². The zero-order chi connectivity index (χ0) is 12.6. The number of benzene rings is 1. The molecule has 4 nitrogen and oxygen atoms in total. The molecule has 0 amide bonds. The number of ketones is 2. The summed E-state index contributed by atoms with van der Waals surface area (Å²) in [5.74, 6) is -0.285. The lowest BCUT2D eigenvalue weighted by atomic mass is 9.78. The van der Waals surface area contributed by atoms with Crippen molar-refractivity contribution in [1.29, 1.82) is 0 Å². The van der Waals surface area contributed by atoms with E-state index in [1.54, 1.807) is 13.0 Å². The Morgan fingerprint density at radius 1 is 1.18 bits per heavy atom. The number of rotatable bonds is 2. The average molecular weight is 232 g/mol. The summed E-state index contributed by atoms with van der Waals surface area (Å²) in [6.45, 7) is 1.57. The number of hydrogen-bond donors (Lipinski definition) is 1. The fourth-order valence-electron chi connectivity index (χ4n) is 1.88. The Kier molecular flexibility index (Phi) is 2.50. The standard InChI is InChI=1S/C13H12O4/c1-13(11(15)5-6-12(13)16)8-3-4-9(14)10(7-8)17-2/h3-7,14H,1-2H3. The van der Waals surface area contributed by atoms with E-state index in [9.17, 15) is 14.7 Å². The molecule has 0 radical (unpaired) electrons. The summed E-state index contributed by atoms with van der Waals surface area (Å²) in [4.78, 5) is 23.6. The summed E-state index contributed by atoms with van der Waals surface area (Å²) in [6.07, 6.45) is 2.56. The van der Waals surface area contributed by atoms with Gasteiger partial charge in [-0.25, -0.2) is 0 Å². The van der Waals surface area contributed by atoms with Gasteiger partial charge in [-0.2, -0.15) is 0 Å². The fraction of sp³-hybridized carbons (Fsp3) is 0.231. The van der Waals surface area contributed by atoms with Crippen LogP contribution in [0.1, 0.15) is 12.5 Å². The van der Waals surface area contributed by atoms with Crippen LogP contribution in [0.4, 0.5) is 0 Å². The lowest BCUT2D eigenvalue weighted by molar-refractivity contribution is -0.127. The van der Waals surface area contributed by atoms with Crippen LogP contribution in [0, 0.1) is 0 Å². The number of ether oxygens (including phenoxy) is 1. The topological polar surface area (TPSA) is 63.6 Å². The van der Waals surface area contributed by atoms with Gasteiger partial charge in [0.25, 0.3) is 0 Å². The predicted molar refractivity (Wildman–Crippen MR) is 61.2 cm³/mol. The van der Waals surface area contributed by atoms with Crippen LogP contribution in [0.2, 0.25) is 0 Å². The quantitative estimate of drug-likeness (QED) is 0.782. The Labute approximate surface area is 98.5 Å². The summed E-state index contributed by atoms with van der Waals surface area (Å²) >= 11 is 0. The molecule has 88 valence electrons. The lowest BCUT2D eigenvalue weighted by Gasteiger charge is -2.21. The smallest absolute Gasteiger partial charge is 0.173 e. The number of carbonyl (C=O) groups is 2. The molecule has 17 heavy (non-hydrogen) atoms. The van der Waals surface area contributed by atoms with Gasteiger partial charge >= 0.3 is 0 Å². The molecule has 0 atom stereocenters. The van der Waals surface area contributed by atoms with Crippen LogP contribution in [-0.2, 0) is 15.0 Å². The minimum Gasteiger partial charge on any atom is -0.504 e. The normalized spacial score (nSPS) is 17.5. The Balaban J connectivity index is 2.54. The lowest BCUT2D eigenvalue weighted by Crippen LogP contribution is -2.34. The molecular weight excluding hydrogens is 220 g/mol. The van der Waals surface area contributed by atoms with Gasteiger partial charge in [0, 0.05) is 0 Å². The van der Waals surface area contributed by atoms with Gasteiger partial charge < -0.3 is 9.84 Å². The van der Waals surface area contributed by atoms with E-state index >= 15 is 0 Å². The van der Waals surface area contributed by atoms with Crippen molar-refractivity contribution in [3.63, 3.8) is 0 Å². The molecule has 0 fully saturated rings. The molecule has 0 saturated carbocycles. The van der Waals surface area contributed by atoms with Crippen molar-refractivity contribution < 1.29 is 19.4 Å². The van der Waals surface area contributed by atoms with E-state index in [0.29, 0.717) is 5.56 Å². The van der Waals surface area contributed by atoms with Crippen LogP contribution in [0.5, 0.6) is 11.5 Å². The van der Waals surface area contributed by atoms with E-state index in [1.807, 2.05) is 0 Å². The number of methoxy groups -OCH3 is 1. The van der Waals surface area contributed by atoms with Gasteiger partial charge in [0.2, 0.25) is 0 Å². The van der Waals surface area contributed by atoms with E-state index < -0.39 is 5.41 Å². The Morgan fingerprint density at radius 3 is 2.29 bits per heavy atom. The molecule has 0 aromatic heterocycles. The van der Waals surface area contributed by atoms with Crippen molar-refractivity contribution in [3.05, 3.63) is 35.9 Å². The summed E-state index contributed by atoms with van der Waals surface area (Å²) in [6, 6.07) is 4.48. The highest BCUT2D eigenvalue weighted by molar-refractivity contribution is 6.26. The van der Waals surface area contributed by atoms with Gasteiger partial charge in [0.15, 0.2) is 23.1 Å². The highest BCUT2D eigenvalue weighted by atomic mass is 16.5. The Hall–Kier alpha value is -2.10. The number of carbonyl (C=O) groups excluding carboxylic acids is 2. The minimum absolute atomic E-state index is 0.0225. The summed E-state index contributed by atoms with van der Waals surface area (Å²) in [5.41, 5.74) is -0.673. The first kappa shape index (κ1) is 11.4. The van der Waals surface area contributed by atoms with Crippen LogP contribution in [-0.4, -0.2) is 23.8 Å². The number of phenolic OH excluding ortho intramolecular Hbond substituents is 1. The van der Waals surface area contributed by atoms with Crippen molar-refractivity contribution >= 4 is 11.6 Å². The monoisotopic (exact) mass is 232 g/mol. The highest BCUT2D eigenvalue weighted by Gasteiger charge is 2.43. The number of aromatic hydroxyl groups is 1. The first-order valence-electron chi connectivity index (χ1n) is 5.14. The zero-order valence-corrected chi connectivity index (χ0v) is 9.56. The maximum atomic E-state index is 11.8. The largest absolute Gasteiger partial charge is 0.504 e. The first-order chi connectivity index (χ1) is 8.00. The van der Waals surface area contributed by atoms with E-state index in [0.717, 1.165) is 0 Å². The van der Waals surface area contributed by atoms with Crippen molar-refractivity contribution in [2.24, 2.45) is 0 Å². The molecule has 0 bridgehead atoms. The Bertz CT molecular complexity index is 510. The molecule has 1 aliphatic rings. The van der Waals surface area contributed by atoms with Crippen LogP contribution in [0.3, 0.4) is 0 Å². The van der Waals surface area contributed by atoms with E-state index in [2.05, 4.69) is 0 Å². The second-order valence-electron chi connectivity index (χ2n) is 4.07. The Morgan fingerprint density at radius 2 is 1.76 bits per heavy atom. The molecular formula is C13H12O4. The van der Waals surface area contributed by atoms with Gasteiger partial charge in [-0.1, -0.05) is 6.07 Å². The molecule has 1 aromatic rings. The van der Waals surface area contributed by atoms with Crippen molar-refractivity contribution in [1.82, 2.24) is 0 Å². The second kappa shape index (κ2) is 3.73. The average Bonchev–Trinajstić information content (AvgIpc) is 2.58. The number of phenols is 1. The first-order valence-corrected chi connectivity index (χ1v) is 5.14. The molecule has 0 unspecified atom stereocenters. The molecule has 1 aliphatic carbocycles. The summed E-state index contributed by atoms with van der Waals surface area (Å²) in [7, 11) is 1.41. The third-order valence-corrected chi connectivity index (χ3v) is 3.13. The molecule has 2 rings (SSSR count).